The molecule has 1 heterocycles. The summed E-state index contributed by atoms with van der Waals surface area (Å²) in [5.74, 6) is -0.192. The molecule has 2 rings (SSSR count). The van der Waals surface area contributed by atoms with Gasteiger partial charge in [0, 0.05) is 12.2 Å². The van der Waals surface area contributed by atoms with Gasteiger partial charge in [-0.05, 0) is 39.8 Å². The number of aryl methyl sites for hydroxylation is 3. The third-order valence-corrected chi connectivity index (χ3v) is 6.27. The number of rotatable bonds is 6. The van der Waals surface area contributed by atoms with Gasteiger partial charge in [-0.2, -0.15) is 4.31 Å². The highest BCUT2D eigenvalue weighted by Crippen LogP contribution is 2.25. The van der Waals surface area contributed by atoms with Crippen LogP contribution in [0, 0.1) is 20.8 Å². The summed E-state index contributed by atoms with van der Waals surface area (Å²) in [5.41, 5.74) is 1.97. The summed E-state index contributed by atoms with van der Waals surface area (Å²) in [6.45, 7) is 8.44. The Morgan fingerprint density at radius 1 is 1.24 bits per heavy atom. The van der Waals surface area contributed by atoms with E-state index in [1.807, 2.05) is 19.1 Å². The predicted molar refractivity (Wildman–Crippen MR) is 94.8 cm³/mol. The lowest BCUT2D eigenvalue weighted by atomic mass is 10.2. The van der Waals surface area contributed by atoms with Crippen LogP contribution in [0.1, 0.15) is 30.9 Å². The van der Waals surface area contributed by atoms with Gasteiger partial charge >= 0.3 is 0 Å². The van der Waals surface area contributed by atoms with Gasteiger partial charge < -0.3 is 9.84 Å². The molecular weight excluding hydrogens is 342 g/mol. The van der Waals surface area contributed by atoms with Gasteiger partial charge in [-0.3, -0.25) is 4.79 Å². The van der Waals surface area contributed by atoms with Crippen molar-refractivity contribution < 1.29 is 17.7 Å². The summed E-state index contributed by atoms with van der Waals surface area (Å²) in [7, 11) is -3.90. The summed E-state index contributed by atoms with van der Waals surface area (Å²) in [4.78, 5) is 12.5. The lowest BCUT2D eigenvalue weighted by Gasteiger charge is -2.26. The Kier molecular flexibility index (Phi) is 5.64. The monoisotopic (exact) mass is 365 g/mol. The molecule has 0 unspecified atom stereocenters. The fourth-order valence-corrected chi connectivity index (χ4v) is 4.52. The second-order valence-corrected chi connectivity index (χ2v) is 7.72. The van der Waals surface area contributed by atoms with E-state index in [2.05, 4.69) is 10.5 Å². The first-order valence-electron chi connectivity index (χ1n) is 8.00. The second kappa shape index (κ2) is 7.37. The van der Waals surface area contributed by atoms with Crippen LogP contribution in [0.15, 0.2) is 33.7 Å². The van der Waals surface area contributed by atoms with E-state index in [4.69, 9.17) is 4.52 Å². The van der Waals surface area contributed by atoms with Crippen LogP contribution in [0.2, 0.25) is 0 Å². The fraction of sp³-hybridized carbons (Fsp3) is 0.412. The summed E-state index contributed by atoms with van der Waals surface area (Å²) in [6, 6.07) is 6.42. The molecule has 2 aromatic rings. The minimum Gasteiger partial charge on any atom is -0.360 e. The maximum atomic E-state index is 13.0. The van der Waals surface area contributed by atoms with Crippen molar-refractivity contribution in [3.63, 3.8) is 0 Å². The predicted octanol–water partition coefficient (Wildman–Crippen LogP) is 2.64. The number of benzene rings is 1. The van der Waals surface area contributed by atoms with E-state index < -0.39 is 22.0 Å². The number of aromatic nitrogens is 1. The second-order valence-electron chi connectivity index (χ2n) is 5.89. The molecule has 0 saturated carbocycles. The Hall–Kier alpha value is -2.19. The molecule has 25 heavy (non-hydrogen) atoms. The number of nitrogens with one attached hydrogen (secondary N) is 1. The van der Waals surface area contributed by atoms with Gasteiger partial charge in [0.25, 0.3) is 0 Å². The molecule has 8 heteroatoms. The maximum absolute atomic E-state index is 13.0. The van der Waals surface area contributed by atoms with Crippen molar-refractivity contribution in [2.45, 2.75) is 45.6 Å². The van der Waals surface area contributed by atoms with Crippen molar-refractivity contribution in [3.8, 4) is 0 Å². The van der Waals surface area contributed by atoms with Crippen LogP contribution in [0.3, 0.4) is 0 Å². The molecule has 0 saturated heterocycles. The smallest absolute Gasteiger partial charge is 0.249 e. The van der Waals surface area contributed by atoms with E-state index in [1.165, 1.54) is 6.92 Å². The Balaban J connectivity index is 2.27. The van der Waals surface area contributed by atoms with Crippen molar-refractivity contribution in [2.24, 2.45) is 0 Å². The van der Waals surface area contributed by atoms with Crippen LogP contribution in [-0.4, -0.2) is 36.4 Å². The fourth-order valence-electron chi connectivity index (χ4n) is 2.63. The lowest BCUT2D eigenvalue weighted by Crippen LogP contribution is -2.45. The van der Waals surface area contributed by atoms with E-state index in [-0.39, 0.29) is 22.9 Å². The topological polar surface area (TPSA) is 92.5 Å². The van der Waals surface area contributed by atoms with Gasteiger partial charge in [-0.1, -0.05) is 29.8 Å². The Labute approximate surface area is 148 Å². The quantitative estimate of drug-likeness (QED) is 0.849. The average Bonchev–Trinajstić information content (AvgIpc) is 2.89. The third kappa shape index (κ3) is 3.91. The first-order chi connectivity index (χ1) is 11.7. The van der Waals surface area contributed by atoms with E-state index >= 15 is 0 Å². The minimum absolute atomic E-state index is 0.0179. The number of amides is 1. The highest BCUT2D eigenvalue weighted by molar-refractivity contribution is 7.89. The molecule has 1 aromatic carbocycles. The normalized spacial score (nSPS) is 13.0. The van der Waals surface area contributed by atoms with Gasteiger partial charge in [-0.25, -0.2) is 8.42 Å². The lowest BCUT2D eigenvalue weighted by molar-refractivity contribution is -0.119. The molecule has 1 N–H and O–H groups in total. The van der Waals surface area contributed by atoms with Crippen molar-refractivity contribution in [3.05, 3.63) is 41.3 Å². The minimum atomic E-state index is -3.90. The molecule has 0 fully saturated rings. The SMILES string of the molecule is CCN([C@@H](C)C(=O)Nc1ccc(C)cc1)S(=O)(=O)c1c(C)noc1C. The van der Waals surface area contributed by atoms with E-state index in [0.29, 0.717) is 5.69 Å². The van der Waals surface area contributed by atoms with Crippen LogP contribution in [-0.2, 0) is 14.8 Å². The zero-order valence-corrected chi connectivity index (χ0v) is 15.8. The number of likely N-dealkylation sites (N-methyl/N-ethyl adjacent to an activating group) is 1. The number of sulfonamides is 1. The summed E-state index contributed by atoms with van der Waals surface area (Å²) >= 11 is 0. The molecular formula is C17H23N3O4S. The molecule has 1 atom stereocenters. The zero-order chi connectivity index (χ0) is 18.8. The molecule has 1 aromatic heterocycles. The maximum Gasteiger partial charge on any atom is 0.249 e. The molecule has 0 aliphatic heterocycles. The standard InChI is InChI=1S/C17H23N3O4S/c1-6-20(25(22,23)16-12(3)19-24-14(16)5)13(4)17(21)18-15-9-7-11(2)8-10-15/h7-10,13H,6H2,1-5H3,(H,18,21)/t13-/m0/s1. The average molecular weight is 365 g/mol. The largest absolute Gasteiger partial charge is 0.360 e. The van der Waals surface area contributed by atoms with Crippen LogP contribution in [0.5, 0.6) is 0 Å². The number of nitrogens with zero attached hydrogens (tertiary/aromatic N) is 2. The summed E-state index contributed by atoms with van der Waals surface area (Å²) in [6.07, 6.45) is 0. The number of carbonyl (C=O) groups excluding carboxylic acids is 1. The van der Waals surface area contributed by atoms with Crippen molar-refractivity contribution in [1.29, 1.82) is 0 Å². The van der Waals surface area contributed by atoms with Crippen LogP contribution in [0.25, 0.3) is 0 Å². The van der Waals surface area contributed by atoms with Crippen LogP contribution >= 0.6 is 0 Å². The van der Waals surface area contributed by atoms with Gasteiger partial charge in [0.05, 0.1) is 0 Å². The van der Waals surface area contributed by atoms with E-state index in [1.54, 1.807) is 32.9 Å². The van der Waals surface area contributed by atoms with Crippen molar-refractivity contribution in [2.75, 3.05) is 11.9 Å². The zero-order valence-electron chi connectivity index (χ0n) is 15.0. The molecule has 0 aliphatic rings. The van der Waals surface area contributed by atoms with E-state index in [9.17, 15) is 13.2 Å². The van der Waals surface area contributed by atoms with E-state index in [0.717, 1.165) is 9.87 Å². The summed E-state index contributed by atoms with van der Waals surface area (Å²) < 4.78 is 32.0. The van der Waals surface area contributed by atoms with Gasteiger partial charge in [0.2, 0.25) is 15.9 Å². The molecule has 0 spiro atoms. The summed E-state index contributed by atoms with van der Waals surface area (Å²) in [5, 5.41) is 6.44. The first-order valence-corrected chi connectivity index (χ1v) is 9.44. The van der Waals surface area contributed by atoms with Gasteiger partial charge in [-0.15, -0.1) is 0 Å². The Bertz CT molecular complexity index is 837. The first kappa shape index (κ1) is 19.1. The molecule has 0 aliphatic carbocycles. The van der Waals surface area contributed by atoms with Crippen LogP contribution < -0.4 is 5.32 Å². The molecule has 0 bridgehead atoms. The van der Waals surface area contributed by atoms with Gasteiger partial charge in [0.1, 0.15) is 16.6 Å². The molecule has 1 amide bonds. The Morgan fingerprint density at radius 2 is 1.84 bits per heavy atom. The number of carbonyl (C=O) groups is 1. The number of hydrogen-bond donors (Lipinski definition) is 1. The highest BCUT2D eigenvalue weighted by Gasteiger charge is 2.35. The third-order valence-electron chi connectivity index (χ3n) is 3.98. The Morgan fingerprint density at radius 3 is 2.32 bits per heavy atom. The number of hydrogen-bond acceptors (Lipinski definition) is 5. The van der Waals surface area contributed by atoms with Gasteiger partial charge in [0.15, 0.2) is 5.76 Å². The molecule has 7 nitrogen and oxygen atoms in total. The molecule has 136 valence electrons. The highest BCUT2D eigenvalue weighted by atomic mass is 32.2. The van der Waals surface area contributed by atoms with Crippen LogP contribution in [0.4, 0.5) is 5.69 Å². The van der Waals surface area contributed by atoms with Crippen molar-refractivity contribution in [1.82, 2.24) is 9.46 Å². The number of anilines is 1. The molecule has 0 radical (unpaired) electrons. The van der Waals surface area contributed by atoms with Crippen molar-refractivity contribution >= 4 is 21.6 Å².